The average molecular weight is 447 g/mol. The van der Waals surface area contributed by atoms with E-state index in [1.807, 2.05) is 25.3 Å². The van der Waals surface area contributed by atoms with Crippen LogP contribution >= 0.6 is 0 Å². The fourth-order valence-corrected chi connectivity index (χ4v) is 2.59. The molecule has 0 saturated carbocycles. The van der Waals surface area contributed by atoms with Crippen molar-refractivity contribution in [2.75, 3.05) is 7.05 Å². The monoisotopic (exact) mass is 447 g/mol. The van der Waals surface area contributed by atoms with Gasteiger partial charge in [0.2, 0.25) is 0 Å². The van der Waals surface area contributed by atoms with Gasteiger partial charge < -0.3 is 15.1 Å². The molecule has 1 aliphatic heterocycles. The summed E-state index contributed by atoms with van der Waals surface area (Å²) >= 11 is 0. The van der Waals surface area contributed by atoms with Crippen LogP contribution in [0.5, 0.6) is 0 Å². The molecule has 0 saturated heterocycles. The topological polar surface area (TPSA) is 43.1 Å². The summed E-state index contributed by atoms with van der Waals surface area (Å²) in [6.45, 7) is 8.58. The smallest absolute Gasteiger partial charge is 0.0437 e. The van der Waals surface area contributed by atoms with Crippen LogP contribution in [0.25, 0.3) is 16.8 Å². The van der Waals surface area contributed by atoms with E-state index in [0.717, 1.165) is 34.8 Å². The van der Waals surface area contributed by atoms with E-state index in [9.17, 15) is 0 Å². The maximum atomic E-state index is 4.20. The minimum atomic E-state index is 0. The zero-order chi connectivity index (χ0) is 14.1. The fraction of sp³-hybridized carbons (Fsp3) is 0.125. The minimum Gasteiger partial charge on any atom is -0.370 e. The second kappa shape index (κ2) is 6.23. The Morgan fingerprint density at radius 2 is 2.00 bits per heavy atom. The second-order valence-corrected chi connectivity index (χ2v) is 4.71. The molecule has 21 heavy (non-hydrogen) atoms. The number of hydrogen-bond acceptors (Lipinski definition) is 3. The number of aromatic nitrogens is 3. The number of allylic oxidation sites excluding steroid dienone is 3. The molecule has 0 bridgehead atoms. The zero-order valence-electron chi connectivity index (χ0n) is 11.8. The molecule has 0 fully saturated rings. The van der Waals surface area contributed by atoms with Gasteiger partial charge in [0.15, 0.2) is 0 Å². The van der Waals surface area contributed by atoms with E-state index in [1.165, 1.54) is 5.56 Å². The molecule has 0 spiro atoms. The van der Waals surface area contributed by atoms with Crippen molar-refractivity contribution in [2.24, 2.45) is 0 Å². The molecule has 2 heterocycles. The molecule has 3 rings (SSSR count). The van der Waals surface area contributed by atoms with E-state index in [1.54, 1.807) is 6.08 Å². The van der Waals surface area contributed by atoms with Crippen LogP contribution in [0.4, 0.5) is 0 Å². The largest absolute Gasteiger partial charge is 0.370 e. The van der Waals surface area contributed by atoms with Gasteiger partial charge in [-0.25, -0.2) is 0 Å². The molecule has 0 aliphatic carbocycles. The van der Waals surface area contributed by atoms with Gasteiger partial charge in [-0.05, 0) is 28.6 Å². The van der Waals surface area contributed by atoms with Gasteiger partial charge in [-0.1, -0.05) is 43.5 Å². The first-order valence-corrected chi connectivity index (χ1v) is 6.41. The van der Waals surface area contributed by atoms with Crippen LogP contribution < -0.4 is 5.10 Å². The molecule has 1 aromatic heterocycles. The SMILES string of the molecule is C=C/C1=C(\C=C)N(C)Cc2ccccc2-c2[n-]nnc21.[W]. The van der Waals surface area contributed by atoms with E-state index in [4.69, 9.17) is 0 Å². The standard InChI is InChI=1S/C16H15N4.W/c1-4-12-14(5-2)20(3)10-11-8-6-7-9-13(11)16-15(12)17-19-18-16;/h4-9H,1-2,10H2,3H3;/q-1;/b14-12-;. The summed E-state index contributed by atoms with van der Waals surface area (Å²) in [6.07, 6.45) is 3.61. The molecule has 0 unspecified atom stereocenters. The first-order valence-electron chi connectivity index (χ1n) is 6.41. The summed E-state index contributed by atoms with van der Waals surface area (Å²) in [5.41, 5.74) is 5.73. The van der Waals surface area contributed by atoms with Gasteiger partial charge in [0.25, 0.3) is 0 Å². The third-order valence-corrected chi connectivity index (χ3v) is 3.53. The number of nitrogens with zero attached hydrogens (tertiary/aromatic N) is 4. The Balaban J connectivity index is 0.00000161. The quantitative estimate of drug-likeness (QED) is 0.711. The van der Waals surface area contributed by atoms with E-state index >= 15 is 0 Å². The Morgan fingerprint density at radius 3 is 2.71 bits per heavy atom. The third kappa shape index (κ3) is 2.52. The van der Waals surface area contributed by atoms with Gasteiger partial charge in [-0.2, -0.15) is 0 Å². The van der Waals surface area contributed by atoms with E-state index in [-0.39, 0.29) is 21.1 Å². The van der Waals surface area contributed by atoms with Gasteiger partial charge in [0, 0.05) is 45.9 Å². The summed E-state index contributed by atoms with van der Waals surface area (Å²) in [4.78, 5) is 2.14. The predicted octanol–water partition coefficient (Wildman–Crippen LogP) is 2.63. The van der Waals surface area contributed by atoms with Crippen molar-refractivity contribution in [3.8, 4) is 11.3 Å². The third-order valence-electron chi connectivity index (χ3n) is 3.53. The van der Waals surface area contributed by atoms with Crippen molar-refractivity contribution >= 4 is 5.57 Å². The van der Waals surface area contributed by atoms with Crippen LogP contribution in [0.2, 0.25) is 0 Å². The average Bonchev–Trinajstić information content (AvgIpc) is 2.92. The minimum absolute atomic E-state index is 0. The Kier molecular flexibility index (Phi) is 4.59. The van der Waals surface area contributed by atoms with E-state index in [2.05, 4.69) is 45.6 Å². The van der Waals surface area contributed by atoms with Crippen molar-refractivity contribution in [1.82, 2.24) is 20.3 Å². The molecular weight excluding hydrogens is 432 g/mol. The van der Waals surface area contributed by atoms with Crippen LogP contribution in [0.15, 0.2) is 55.3 Å². The molecular formula is C16H15N4W-. The van der Waals surface area contributed by atoms with Gasteiger partial charge in [0.05, 0.1) is 0 Å². The Morgan fingerprint density at radius 1 is 1.24 bits per heavy atom. The van der Waals surface area contributed by atoms with Crippen LogP contribution in [-0.2, 0) is 27.6 Å². The molecule has 5 heteroatoms. The van der Waals surface area contributed by atoms with Gasteiger partial charge in [-0.15, -0.1) is 0 Å². The first-order chi connectivity index (χ1) is 9.76. The molecule has 1 aliphatic rings. The van der Waals surface area contributed by atoms with Crippen molar-refractivity contribution in [1.29, 1.82) is 0 Å². The fourth-order valence-electron chi connectivity index (χ4n) is 2.59. The van der Waals surface area contributed by atoms with E-state index < -0.39 is 0 Å². The number of likely N-dealkylation sites (N-methyl/N-ethyl adjacent to an activating group) is 1. The summed E-state index contributed by atoms with van der Waals surface area (Å²) in [6, 6.07) is 8.19. The summed E-state index contributed by atoms with van der Waals surface area (Å²) < 4.78 is 0. The van der Waals surface area contributed by atoms with Crippen LogP contribution in [-0.4, -0.2) is 22.3 Å². The van der Waals surface area contributed by atoms with Crippen molar-refractivity contribution in [3.63, 3.8) is 0 Å². The molecule has 2 aromatic rings. The number of rotatable bonds is 2. The number of fused-ring (bicyclic) bond motifs is 3. The van der Waals surface area contributed by atoms with Crippen molar-refractivity contribution < 1.29 is 21.1 Å². The molecule has 0 atom stereocenters. The molecule has 106 valence electrons. The molecule has 1 aromatic carbocycles. The maximum absolute atomic E-state index is 4.20. The number of hydrogen-bond donors (Lipinski definition) is 0. The van der Waals surface area contributed by atoms with Crippen molar-refractivity contribution in [3.05, 3.63) is 66.5 Å². The Hall–Kier alpha value is -1.93. The van der Waals surface area contributed by atoms with Crippen molar-refractivity contribution in [2.45, 2.75) is 6.54 Å². The maximum Gasteiger partial charge on any atom is 0.0437 e. The Bertz CT molecular complexity index is 715. The molecule has 0 N–H and O–H groups in total. The molecule has 0 amide bonds. The summed E-state index contributed by atoms with van der Waals surface area (Å²) in [7, 11) is 2.03. The predicted molar refractivity (Wildman–Crippen MR) is 79.6 cm³/mol. The number of benzene rings is 1. The van der Waals surface area contributed by atoms with Crippen LogP contribution in [0.3, 0.4) is 0 Å². The van der Waals surface area contributed by atoms with Gasteiger partial charge in [-0.3, -0.25) is 5.21 Å². The second-order valence-electron chi connectivity index (χ2n) is 4.71. The summed E-state index contributed by atoms with van der Waals surface area (Å²) in [5, 5.41) is 12.2. The van der Waals surface area contributed by atoms with Crippen LogP contribution in [0.1, 0.15) is 11.3 Å². The molecule has 4 nitrogen and oxygen atoms in total. The van der Waals surface area contributed by atoms with Gasteiger partial charge >= 0.3 is 0 Å². The first kappa shape index (κ1) is 15.5. The molecule has 0 radical (unpaired) electrons. The van der Waals surface area contributed by atoms with Crippen LogP contribution in [0, 0.1) is 0 Å². The zero-order valence-corrected chi connectivity index (χ0v) is 14.7. The normalized spacial score (nSPS) is 16.9. The van der Waals surface area contributed by atoms with E-state index in [0.29, 0.717) is 0 Å². The summed E-state index contributed by atoms with van der Waals surface area (Å²) in [5.74, 6) is 0. The Labute approximate surface area is 138 Å². The van der Waals surface area contributed by atoms with Gasteiger partial charge in [0.1, 0.15) is 0 Å².